The molecule has 6 heteroatoms. The van der Waals surface area contributed by atoms with Gasteiger partial charge in [-0.3, -0.25) is 0 Å². The van der Waals surface area contributed by atoms with E-state index in [1.807, 2.05) is 19.2 Å². The minimum atomic E-state index is -0.466. The van der Waals surface area contributed by atoms with Crippen molar-refractivity contribution in [2.45, 2.75) is 6.54 Å². The van der Waals surface area contributed by atoms with Crippen LogP contribution in [0.5, 0.6) is 0 Å². The van der Waals surface area contributed by atoms with Crippen LogP contribution in [0, 0.1) is 0 Å². The summed E-state index contributed by atoms with van der Waals surface area (Å²) >= 11 is 0. The molecule has 1 heterocycles. The normalized spacial score (nSPS) is 10.6. The lowest BCUT2D eigenvalue weighted by atomic mass is 10.2. The molecule has 1 aromatic heterocycles. The summed E-state index contributed by atoms with van der Waals surface area (Å²) in [4.78, 5) is 22.6. The first-order valence-corrected chi connectivity index (χ1v) is 4.86. The summed E-state index contributed by atoms with van der Waals surface area (Å²) in [5.74, 6) is 0. The largest absolute Gasteiger partial charge is 0.348 e. The Bertz CT molecular complexity index is 548. The quantitative estimate of drug-likeness (QED) is 0.656. The monoisotopic (exact) mass is 220 g/mol. The fourth-order valence-corrected chi connectivity index (χ4v) is 1.51. The van der Waals surface area contributed by atoms with Crippen molar-refractivity contribution < 1.29 is 0 Å². The second-order valence-electron chi connectivity index (χ2n) is 3.39. The van der Waals surface area contributed by atoms with Crippen LogP contribution in [0.3, 0.4) is 0 Å². The highest BCUT2D eigenvalue weighted by atomic mass is 16.2. The molecule has 16 heavy (non-hydrogen) atoms. The van der Waals surface area contributed by atoms with Gasteiger partial charge in [0.2, 0.25) is 0 Å². The molecule has 6 nitrogen and oxygen atoms in total. The molecule has 84 valence electrons. The fourth-order valence-electron chi connectivity index (χ4n) is 1.51. The lowest BCUT2D eigenvalue weighted by Crippen LogP contribution is -2.24. The van der Waals surface area contributed by atoms with Crippen molar-refractivity contribution in [1.82, 2.24) is 20.1 Å². The number of nitrogens with zero attached hydrogens (tertiary/aromatic N) is 1. The van der Waals surface area contributed by atoms with Gasteiger partial charge in [0.1, 0.15) is 0 Å². The molecule has 0 unspecified atom stereocenters. The smallest absolute Gasteiger partial charge is 0.316 e. The molecular formula is C10H12N4O2. The molecule has 0 radical (unpaired) electrons. The van der Waals surface area contributed by atoms with Gasteiger partial charge in [-0.25, -0.2) is 24.4 Å². The zero-order valence-electron chi connectivity index (χ0n) is 8.78. The van der Waals surface area contributed by atoms with Crippen molar-refractivity contribution in [2.75, 3.05) is 7.05 Å². The zero-order chi connectivity index (χ0) is 11.5. The van der Waals surface area contributed by atoms with Crippen LogP contribution in [0.1, 0.15) is 5.56 Å². The van der Waals surface area contributed by atoms with Crippen molar-refractivity contribution in [1.29, 1.82) is 0 Å². The summed E-state index contributed by atoms with van der Waals surface area (Å²) in [6.45, 7) is 0.749. The predicted octanol–water partition coefficient (Wildman–Crippen LogP) is -0.427. The Morgan fingerprint density at radius 2 is 1.69 bits per heavy atom. The van der Waals surface area contributed by atoms with E-state index in [4.69, 9.17) is 0 Å². The van der Waals surface area contributed by atoms with Crippen LogP contribution >= 0.6 is 0 Å². The third-order valence-electron chi connectivity index (χ3n) is 2.26. The Morgan fingerprint density at radius 1 is 1.12 bits per heavy atom. The molecule has 0 spiro atoms. The molecular weight excluding hydrogens is 208 g/mol. The fraction of sp³-hybridized carbons (Fsp3) is 0.200. The highest BCUT2D eigenvalue weighted by Gasteiger charge is 2.04. The van der Waals surface area contributed by atoms with Crippen LogP contribution in [-0.4, -0.2) is 21.8 Å². The Hall–Kier alpha value is -2.08. The van der Waals surface area contributed by atoms with E-state index in [1.54, 1.807) is 12.1 Å². The van der Waals surface area contributed by atoms with Gasteiger partial charge < -0.3 is 5.32 Å². The number of rotatable bonds is 3. The molecule has 0 saturated carbocycles. The van der Waals surface area contributed by atoms with Gasteiger partial charge in [0.05, 0.1) is 5.69 Å². The van der Waals surface area contributed by atoms with Crippen LogP contribution in [0.15, 0.2) is 33.9 Å². The second kappa shape index (κ2) is 4.19. The van der Waals surface area contributed by atoms with Gasteiger partial charge >= 0.3 is 11.4 Å². The van der Waals surface area contributed by atoms with Gasteiger partial charge in [-0.15, -0.1) is 0 Å². The van der Waals surface area contributed by atoms with Gasteiger partial charge in [0.15, 0.2) is 0 Å². The van der Waals surface area contributed by atoms with Gasteiger partial charge in [0.25, 0.3) is 0 Å². The topological polar surface area (TPSA) is 82.7 Å². The van der Waals surface area contributed by atoms with Crippen molar-refractivity contribution in [3.8, 4) is 5.69 Å². The Labute approximate surface area is 90.9 Å². The molecule has 2 aromatic rings. The third-order valence-corrected chi connectivity index (χ3v) is 2.26. The Balaban J connectivity index is 2.43. The van der Waals surface area contributed by atoms with E-state index in [-0.39, 0.29) is 0 Å². The molecule has 0 bridgehead atoms. The molecule has 0 amide bonds. The second-order valence-corrected chi connectivity index (χ2v) is 3.39. The summed E-state index contributed by atoms with van der Waals surface area (Å²) in [6, 6.07) is 7.20. The number of hydrogen-bond acceptors (Lipinski definition) is 3. The Morgan fingerprint density at radius 3 is 2.19 bits per heavy atom. The van der Waals surface area contributed by atoms with E-state index in [9.17, 15) is 9.59 Å². The maximum absolute atomic E-state index is 11.3. The van der Waals surface area contributed by atoms with Crippen molar-refractivity contribution >= 4 is 0 Å². The average molecular weight is 220 g/mol. The van der Waals surface area contributed by atoms with Crippen LogP contribution in [0.2, 0.25) is 0 Å². The first-order chi connectivity index (χ1) is 7.72. The van der Waals surface area contributed by atoms with E-state index in [2.05, 4.69) is 15.5 Å². The number of aromatic nitrogens is 3. The average Bonchev–Trinajstić information content (AvgIpc) is 2.61. The molecule has 0 saturated heterocycles. The lowest BCUT2D eigenvalue weighted by molar-refractivity contribution is 0.816. The summed E-state index contributed by atoms with van der Waals surface area (Å²) in [6.07, 6.45) is 0. The minimum absolute atomic E-state index is 0.466. The van der Waals surface area contributed by atoms with E-state index < -0.39 is 11.4 Å². The number of nitrogens with one attached hydrogen (secondary N) is 3. The molecule has 0 aliphatic rings. The maximum atomic E-state index is 11.3. The summed E-state index contributed by atoms with van der Waals surface area (Å²) in [5.41, 5.74) is 0.705. The van der Waals surface area contributed by atoms with Gasteiger partial charge in [-0.2, -0.15) is 0 Å². The SMILES string of the molecule is CNCc1ccc(-n2c(=O)[nH][nH]c2=O)cc1. The number of benzene rings is 1. The highest BCUT2D eigenvalue weighted by Crippen LogP contribution is 2.05. The van der Waals surface area contributed by atoms with Gasteiger partial charge in [-0.1, -0.05) is 12.1 Å². The van der Waals surface area contributed by atoms with Crippen molar-refractivity contribution in [3.63, 3.8) is 0 Å². The van der Waals surface area contributed by atoms with Crippen LogP contribution in [0.4, 0.5) is 0 Å². The third kappa shape index (κ3) is 1.82. The summed E-state index contributed by atoms with van der Waals surface area (Å²) < 4.78 is 1.04. The molecule has 0 fully saturated rings. The molecule has 1 aromatic carbocycles. The minimum Gasteiger partial charge on any atom is -0.316 e. The molecule has 0 atom stereocenters. The van der Waals surface area contributed by atoms with Crippen LogP contribution < -0.4 is 16.7 Å². The van der Waals surface area contributed by atoms with Gasteiger partial charge in [-0.05, 0) is 24.7 Å². The molecule has 0 aliphatic carbocycles. The van der Waals surface area contributed by atoms with E-state index >= 15 is 0 Å². The van der Waals surface area contributed by atoms with Crippen LogP contribution in [0.25, 0.3) is 5.69 Å². The number of aromatic amines is 2. The standard InChI is InChI=1S/C10H12N4O2/c1-11-6-7-2-4-8(5-3-7)14-9(15)12-13-10(14)16/h2-5,11H,6H2,1H3,(H,12,15)(H,13,16). The number of H-pyrrole nitrogens is 2. The van der Waals surface area contributed by atoms with E-state index in [1.165, 1.54) is 0 Å². The van der Waals surface area contributed by atoms with E-state index in [0.29, 0.717) is 5.69 Å². The summed E-state index contributed by atoms with van der Waals surface area (Å²) in [7, 11) is 1.86. The van der Waals surface area contributed by atoms with Gasteiger partial charge in [0, 0.05) is 6.54 Å². The first-order valence-electron chi connectivity index (χ1n) is 4.86. The highest BCUT2D eigenvalue weighted by molar-refractivity contribution is 5.34. The summed E-state index contributed by atoms with van der Waals surface area (Å²) in [5, 5.41) is 7.48. The van der Waals surface area contributed by atoms with Crippen molar-refractivity contribution in [3.05, 3.63) is 50.8 Å². The zero-order valence-corrected chi connectivity index (χ0v) is 8.78. The number of hydrogen-bond donors (Lipinski definition) is 3. The Kier molecular flexibility index (Phi) is 2.74. The van der Waals surface area contributed by atoms with Crippen molar-refractivity contribution in [2.24, 2.45) is 0 Å². The molecule has 2 rings (SSSR count). The van der Waals surface area contributed by atoms with E-state index in [0.717, 1.165) is 16.7 Å². The molecule has 0 aliphatic heterocycles. The first kappa shape index (κ1) is 10.4. The predicted molar refractivity (Wildman–Crippen MR) is 59.8 cm³/mol. The van der Waals surface area contributed by atoms with Crippen LogP contribution in [-0.2, 0) is 6.54 Å². The molecule has 3 N–H and O–H groups in total. The lowest BCUT2D eigenvalue weighted by Gasteiger charge is -2.02. The maximum Gasteiger partial charge on any atom is 0.348 e.